The third-order valence-electron chi connectivity index (χ3n) is 7.03. The van der Waals surface area contributed by atoms with Crippen LogP contribution in [0.1, 0.15) is 54.1 Å². The molecule has 4 aromatic heterocycles. The van der Waals surface area contributed by atoms with Crippen LogP contribution in [-0.4, -0.2) is 46.9 Å². The van der Waals surface area contributed by atoms with Gasteiger partial charge in [-0.15, -0.1) is 0 Å². The lowest BCUT2D eigenvalue weighted by molar-refractivity contribution is 0.0519. The number of esters is 1. The van der Waals surface area contributed by atoms with E-state index < -0.39 is 5.97 Å². The number of nitrogens with zero attached hydrogens (tertiary/aromatic N) is 7. The molecular formula is C31H30N8O2. The standard InChI is InChI=1S/C31H30N8O2/c1-4-41-30(40)26-14-16-38(37-26)31-35-27(39-29(36-31)25(18-34-39)19(2)3)12-9-20-7-5-6-8-23(20)28-24-11-10-22(32)17-21(24)13-15-33-28/h5-8,10-11,13-19H,4,9,12,32H2,1-3H3. The first kappa shape index (κ1) is 26.1. The van der Waals surface area contributed by atoms with Crippen molar-refractivity contribution < 1.29 is 9.53 Å². The molecular weight excluding hydrogens is 516 g/mol. The molecule has 0 amide bonds. The van der Waals surface area contributed by atoms with E-state index in [-0.39, 0.29) is 18.2 Å². The smallest absolute Gasteiger partial charge is 0.358 e. The molecule has 6 aromatic rings. The summed E-state index contributed by atoms with van der Waals surface area (Å²) in [4.78, 5) is 26.6. The van der Waals surface area contributed by atoms with Gasteiger partial charge in [0.25, 0.3) is 5.95 Å². The fourth-order valence-corrected chi connectivity index (χ4v) is 4.99. The van der Waals surface area contributed by atoms with Crippen LogP contribution in [0.3, 0.4) is 0 Å². The highest BCUT2D eigenvalue weighted by molar-refractivity contribution is 5.96. The number of pyridine rings is 1. The quantitative estimate of drug-likeness (QED) is 0.204. The zero-order chi connectivity index (χ0) is 28.5. The molecule has 4 heterocycles. The first-order valence-electron chi connectivity index (χ1n) is 13.6. The third kappa shape index (κ3) is 5.00. The number of hydrogen-bond donors (Lipinski definition) is 1. The number of aromatic nitrogens is 7. The second kappa shape index (κ2) is 10.8. The van der Waals surface area contributed by atoms with Gasteiger partial charge in [-0.3, -0.25) is 4.98 Å². The molecule has 0 aliphatic carbocycles. The van der Waals surface area contributed by atoms with Crippen LogP contribution in [-0.2, 0) is 17.6 Å². The van der Waals surface area contributed by atoms with E-state index in [2.05, 4.69) is 36.2 Å². The molecule has 0 spiro atoms. The molecule has 10 nitrogen and oxygen atoms in total. The van der Waals surface area contributed by atoms with Gasteiger partial charge >= 0.3 is 5.97 Å². The lowest BCUT2D eigenvalue weighted by atomic mass is 9.96. The summed E-state index contributed by atoms with van der Waals surface area (Å²) in [6.07, 6.45) is 6.61. The van der Waals surface area contributed by atoms with Gasteiger partial charge in [0.15, 0.2) is 11.3 Å². The van der Waals surface area contributed by atoms with E-state index in [0.29, 0.717) is 18.8 Å². The highest BCUT2D eigenvalue weighted by Crippen LogP contribution is 2.31. The van der Waals surface area contributed by atoms with Crippen molar-refractivity contribution in [3.05, 3.63) is 95.8 Å². The van der Waals surface area contributed by atoms with Crippen molar-refractivity contribution in [3.8, 4) is 17.2 Å². The molecule has 6 rings (SSSR count). The number of benzene rings is 2. The number of carbonyl (C=O) groups is 1. The molecule has 2 aromatic carbocycles. The third-order valence-corrected chi connectivity index (χ3v) is 7.03. The highest BCUT2D eigenvalue weighted by Gasteiger charge is 2.19. The summed E-state index contributed by atoms with van der Waals surface area (Å²) in [5, 5.41) is 11.1. The van der Waals surface area contributed by atoms with Crippen molar-refractivity contribution in [1.29, 1.82) is 0 Å². The Bertz CT molecular complexity index is 1890. The molecule has 41 heavy (non-hydrogen) atoms. The van der Waals surface area contributed by atoms with Crippen molar-refractivity contribution in [2.45, 2.75) is 39.5 Å². The second-order valence-corrected chi connectivity index (χ2v) is 10.1. The van der Waals surface area contributed by atoms with Crippen LogP contribution in [0.5, 0.6) is 0 Å². The summed E-state index contributed by atoms with van der Waals surface area (Å²) in [5.41, 5.74) is 11.8. The van der Waals surface area contributed by atoms with Gasteiger partial charge in [-0.1, -0.05) is 44.2 Å². The van der Waals surface area contributed by atoms with Crippen LogP contribution < -0.4 is 5.73 Å². The van der Waals surface area contributed by atoms with Crippen LogP contribution in [0.15, 0.2) is 73.2 Å². The van der Waals surface area contributed by atoms with Crippen molar-refractivity contribution in [2.75, 3.05) is 12.3 Å². The van der Waals surface area contributed by atoms with Gasteiger partial charge in [0.1, 0.15) is 5.82 Å². The first-order chi connectivity index (χ1) is 19.9. The van der Waals surface area contributed by atoms with Gasteiger partial charge in [0.2, 0.25) is 0 Å². The minimum atomic E-state index is -0.485. The first-order valence-corrected chi connectivity index (χ1v) is 13.6. The maximum atomic E-state index is 12.2. The number of anilines is 1. The summed E-state index contributed by atoms with van der Waals surface area (Å²) in [6.45, 7) is 6.24. The Balaban J connectivity index is 1.39. The molecule has 0 bridgehead atoms. The van der Waals surface area contributed by atoms with Crippen LogP contribution in [0, 0.1) is 0 Å². The molecule has 2 N–H and O–H groups in total. The molecule has 0 saturated heterocycles. The monoisotopic (exact) mass is 546 g/mol. The van der Waals surface area contributed by atoms with Crippen LogP contribution in [0.4, 0.5) is 5.69 Å². The average molecular weight is 547 g/mol. The lowest BCUT2D eigenvalue weighted by Gasteiger charge is -2.13. The summed E-state index contributed by atoms with van der Waals surface area (Å²) in [7, 11) is 0. The molecule has 10 heteroatoms. The normalized spacial score (nSPS) is 11.5. The Morgan fingerprint density at radius 3 is 2.73 bits per heavy atom. The Kier molecular flexibility index (Phi) is 6.88. The van der Waals surface area contributed by atoms with E-state index in [1.165, 1.54) is 4.68 Å². The Morgan fingerprint density at radius 2 is 1.90 bits per heavy atom. The van der Waals surface area contributed by atoms with Gasteiger partial charge in [0.05, 0.1) is 18.5 Å². The summed E-state index contributed by atoms with van der Waals surface area (Å²) in [5.74, 6) is 0.828. The zero-order valence-corrected chi connectivity index (χ0v) is 23.2. The Labute approximate surface area is 236 Å². The summed E-state index contributed by atoms with van der Waals surface area (Å²) in [6, 6.07) is 17.8. The topological polar surface area (TPSA) is 126 Å². The Morgan fingerprint density at radius 1 is 1.05 bits per heavy atom. The van der Waals surface area contributed by atoms with Gasteiger partial charge in [-0.25, -0.2) is 14.0 Å². The molecule has 0 fully saturated rings. The Hall–Kier alpha value is -5.12. The number of rotatable bonds is 8. The number of nitrogens with two attached hydrogens (primary N) is 1. The van der Waals surface area contributed by atoms with Crippen molar-refractivity contribution in [3.63, 3.8) is 0 Å². The van der Waals surface area contributed by atoms with Crippen LogP contribution in [0.2, 0.25) is 0 Å². The summed E-state index contributed by atoms with van der Waals surface area (Å²) >= 11 is 0. The van der Waals surface area contributed by atoms with E-state index in [1.807, 2.05) is 48.8 Å². The van der Waals surface area contributed by atoms with Crippen molar-refractivity contribution >= 4 is 28.1 Å². The molecule has 0 aliphatic rings. The number of carbonyl (C=O) groups excluding carboxylic acids is 1. The number of ether oxygens (including phenoxy) is 1. The maximum absolute atomic E-state index is 12.2. The molecule has 0 aliphatic heterocycles. The van der Waals surface area contributed by atoms with E-state index in [0.717, 1.165) is 50.3 Å². The molecule has 0 unspecified atom stereocenters. The fourth-order valence-electron chi connectivity index (χ4n) is 4.99. The lowest BCUT2D eigenvalue weighted by Crippen LogP contribution is -2.13. The number of fused-ring (bicyclic) bond motifs is 2. The fraction of sp³-hybridized carbons (Fsp3) is 0.226. The molecule has 0 saturated carbocycles. The number of nitrogen functional groups attached to an aromatic ring is 1. The zero-order valence-electron chi connectivity index (χ0n) is 23.2. The number of hydrogen-bond acceptors (Lipinski definition) is 8. The molecule has 206 valence electrons. The second-order valence-electron chi connectivity index (χ2n) is 10.1. The van der Waals surface area contributed by atoms with Gasteiger partial charge in [-0.2, -0.15) is 20.2 Å². The SMILES string of the molecule is CCOC(=O)c1ccn(-c2nc(CCc3ccccc3-c3nccc4cc(N)ccc34)n3ncc(C(C)C)c3n2)n1. The predicted molar refractivity (Wildman–Crippen MR) is 157 cm³/mol. The van der Waals surface area contributed by atoms with Gasteiger partial charge in [-0.05, 0) is 54.5 Å². The van der Waals surface area contributed by atoms with Crippen molar-refractivity contribution in [1.82, 2.24) is 34.3 Å². The van der Waals surface area contributed by atoms with Gasteiger partial charge < -0.3 is 10.5 Å². The minimum absolute atomic E-state index is 0.202. The van der Waals surface area contributed by atoms with Crippen molar-refractivity contribution in [2.24, 2.45) is 0 Å². The highest BCUT2D eigenvalue weighted by atomic mass is 16.5. The minimum Gasteiger partial charge on any atom is -0.461 e. The van der Waals surface area contributed by atoms with E-state index in [9.17, 15) is 4.79 Å². The molecule has 0 atom stereocenters. The largest absolute Gasteiger partial charge is 0.461 e. The van der Waals surface area contributed by atoms with E-state index in [1.54, 1.807) is 23.7 Å². The van der Waals surface area contributed by atoms with Crippen LogP contribution >= 0.6 is 0 Å². The van der Waals surface area contributed by atoms with Gasteiger partial charge in [0, 0.05) is 41.0 Å². The average Bonchev–Trinajstić information content (AvgIpc) is 3.64. The van der Waals surface area contributed by atoms with E-state index >= 15 is 0 Å². The summed E-state index contributed by atoms with van der Waals surface area (Å²) < 4.78 is 8.40. The predicted octanol–water partition coefficient (Wildman–Crippen LogP) is 5.19. The maximum Gasteiger partial charge on any atom is 0.358 e. The van der Waals surface area contributed by atoms with Crippen LogP contribution in [0.25, 0.3) is 33.6 Å². The molecule has 0 radical (unpaired) electrons. The van der Waals surface area contributed by atoms with E-state index in [4.69, 9.17) is 25.4 Å². The number of aryl methyl sites for hydroxylation is 2.